The smallest absolute Gasteiger partial charge is 0.416 e. The fourth-order valence-electron chi connectivity index (χ4n) is 4.19. The molecule has 1 atom stereocenters. The first kappa shape index (κ1) is 28.4. The van der Waals surface area contributed by atoms with E-state index in [2.05, 4.69) is 10.5 Å². The third kappa shape index (κ3) is 6.69. The number of halogens is 3. The lowest BCUT2D eigenvalue weighted by Crippen LogP contribution is -2.19. The molecule has 0 aliphatic heterocycles. The predicted octanol–water partition coefficient (Wildman–Crippen LogP) is 7.75. The lowest BCUT2D eigenvalue weighted by atomic mass is 10.0. The van der Waals surface area contributed by atoms with Crippen LogP contribution in [-0.2, 0) is 26.9 Å². The minimum absolute atomic E-state index is 0.156. The normalized spacial score (nSPS) is 12.1. The summed E-state index contributed by atoms with van der Waals surface area (Å²) < 4.78 is 55.8. The number of benzene rings is 3. The molecule has 0 saturated carbocycles. The Morgan fingerprint density at radius 2 is 1.55 bits per heavy atom. The average molecular weight is 553 g/mol. The second-order valence-electron chi connectivity index (χ2n) is 8.99. The van der Waals surface area contributed by atoms with E-state index < -0.39 is 23.9 Å². The molecular formula is C30H27F3N2O5. The highest BCUT2D eigenvalue weighted by molar-refractivity contribution is 5.91. The Balaban J connectivity index is 1.46. The van der Waals surface area contributed by atoms with Crippen LogP contribution in [-0.4, -0.2) is 23.8 Å². The van der Waals surface area contributed by atoms with Crippen LogP contribution in [0.25, 0.3) is 22.5 Å². The monoisotopic (exact) mass is 552 g/mol. The Labute approximate surface area is 228 Å². The molecule has 0 radical (unpaired) electrons. The zero-order valence-electron chi connectivity index (χ0n) is 22.0. The van der Waals surface area contributed by atoms with E-state index in [9.17, 15) is 22.8 Å². The first-order valence-electron chi connectivity index (χ1n) is 12.5. The number of carbonyl (C=O) groups excluding carboxylic acids is 2. The lowest BCUT2D eigenvalue weighted by molar-refractivity contribution is -0.142. The number of rotatable bonds is 8. The molecule has 3 aromatic carbocycles. The van der Waals surface area contributed by atoms with Crippen molar-refractivity contribution in [1.29, 1.82) is 0 Å². The molecule has 208 valence electrons. The van der Waals surface area contributed by atoms with Gasteiger partial charge in [0.05, 0.1) is 18.6 Å². The summed E-state index contributed by atoms with van der Waals surface area (Å²) in [6.45, 7) is 5.09. The Bertz CT molecular complexity index is 1480. The molecule has 4 aromatic rings. The molecule has 0 saturated heterocycles. The zero-order valence-corrected chi connectivity index (χ0v) is 22.0. The maximum absolute atomic E-state index is 13.4. The topological polar surface area (TPSA) is 90.7 Å². The summed E-state index contributed by atoms with van der Waals surface area (Å²) in [6, 6.07) is 19.8. The van der Waals surface area contributed by atoms with Crippen LogP contribution < -0.4 is 5.32 Å². The van der Waals surface area contributed by atoms with Crippen LogP contribution in [0, 0.1) is 6.92 Å². The Morgan fingerprint density at radius 1 is 0.950 bits per heavy atom. The highest BCUT2D eigenvalue weighted by atomic mass is 19.4. The molecule has 0 aliphatic carbocycles. The number of amides is 1. The number of hydrogen-bond acceptors (Lipinski definition) is 6. The van der Waals surface area contributed by atoms with Crippen molar-refractivity contribution in [3.05, 3.63) is 95.2 Å². The van der Waals surface area contributed by atoms with Crippen LogP contribution in [0.1, 0.15) is 42.3 Å². The summed E-state index contributed by atoms with van der Waals surface area (Å²) in [5, 5.41) is 6.48. The lowest BCUT2D eigenvalue weighted by Gasteiger charge is -2.19. The highest BCUT2D eigenvalue weighted by Gasteiger charge is 2.35. The van der Waals surface area contributed by atoms with Crippen molar-refractivity contribution in [2.24, 2.45) is 0 Å². The third-order valence-electron chi connectivity index (χ3n) is 6.17. The molecule has 0 unspecified atom stereocenters. The van der Waals surface area contributed by atoms with Crippen LogP contribution in [0.2, 0.25) is 0 Å². The van der Waals surface area contributed by atoms with Crippen molar-refractivity contribution < 1.29 is 36.8 Å². The van der Waals surface area contributed by atoms with Crippen LogP contribution in [0.5, 0.6) is 0 Å². The fraction of sp³-hybridized carbons (Fsp3) is 0.233. The number of hydrogen-bond donors (Lipinski definition) is 1. The van der Waals surface area contributed by atoms with E-state index in [1.807, 2.05) is 36.4 Å². The molecule has 7 nitrogen and oxygen atoms in total. The number of nitrogens with zero attached hydrogens (tertiary/aromatic N) is 1. The number of alkyl halides is 3. The van der Waals surface area contributed by atoms with E-state index in [4.69, 9.17) is 14.0 Å². The Morgan fingerprint density at radius 3 is 2.17 bits per heavy atom. The largest absolute Gasteiger partial charge is 0.466 e. The van der Waals surface area contributed by atoms with Crippen LogP contribution in [0.3, 0.4) is 0 Å². The van der Waals surface area contributed by atoms with Gasteiger partial charge in [-0.25, -0.2) is 4.79 Å². The predicted molar refractivity (Wildman–Crippen MR) is 142 cm³/mol. The highest BCUT2D eigenvalue weighted by Crippen LogP contribution is 2.36. The number of ether oxygens (including phenoxy) is 2. The third-order valence-corrected chi connectivity index (χ3v) is 6.17. The summed E-state index contributed by atoms with van der Waals surface area (Å²) >= 11 is 0. The fourth-order valence-corrected chi connectivity index (χ4v) is 4.19. The maximum atomic E-state index is 13.4. The molecule has 0 bridgehead atoms. The van der Waals surface area contributed by atoms with Crippen molar-refractivity contribution in [1.82, 2.24) is 5.16 Å². The number of aromatic nitrogens is 1. The number of aryl methyl sites for hydroxylation is 1. The standard InChI is InChI=1S/C30H27F3N2O5/c1-4-38-26(36)17-20-9-11-21(12-10-20)22-13-15-23(16-14-22)28-27(18(2)35-40-28)34-29(37)39-19(3)24-7-5-6-8-25(24)30(31,32)33/h5-16,19H,4,17H2,1-3H3,(H,34,37)/t19-/m0/s1. The van der Waals surface area contributed by atoms with Gasteiger partial charge in [0.1, 0.15) is 17.5 Å². The molecule has 1 heterocycles. The van der Waals surface area contributed by atoms with Gasteiger partial charge in [0, 0.05) is 11.1 Å². The Kier molecular flexibility index (Phi) is 8.57. The molecule has 10 heteroatoms. The second-order valence-corrected chi connectivity index (χ2v) is 8.99. The number of carbonyl (C=O) groups is 2. The zero-order chi connectivity index (χ0) is 28.9. The minimum Gasteiger partial charge on any atom is -0.466 e. The van der Waals surface area contributed by atoms with E-state index in [0.29, 0.717) is 17.9 Å². The summed E-state index contributed by atoms with van der Waals surface area (Å²) in [5.41, 5.74) is 2.90. The molecule has 40 heavy (non-hydrogen) atoms. The molecule has 1 N–H and O–H groups in total. The van der Waals surface area contributed by atoms with E-state index in [1.165, 1.54) is 25.1 Å². The number of nitrogens with one attached hydrogen (secondary N) is 1. The number of anilines is 1. The first-order chi connectivity index (χ1) is 19.1. The maximum Gasteiger partial charge on any atom is 0.416 e. The molecule has 1 amide bonds. The molecular weight excluding hydrogens is 525 g/mol. The second kappa shape index (κ2) is 12.1. The van der Waals surface area contributed by atoms with Gasteiger partial charge in [0.15, 0.2) is 5.76 Å². The number of esters is 1. The molecule has 0 fully saturated rings. The molecule has 1 aromatic heterocycles. The van der Waals surface area contributed by atoms with Crippen LogP contribution in [0.15, 0.2) is 77.3 Å². The van der Waals surface area contributed by atoms with E-state index in [1.54, 1.807) is 26.0 Å². The van der Waals surface area contributed by atoms with Gasteiger partial charge in [-0.2, -0.15) is 13.2 Å². The summed E-state index contributed by atoms with van der Waals surface area (Å²) in [4.78, 5) is 24.3. The van der Waals surface area contributed by atoms with E-state index >= 15 is 0 Å². The van der Waals surface area contributed by atoms with Crippen molar-refractivity contribution in [3.63, 3.8) is 0 Å². The van der Waals surface area contributed by atoms with Crippen molar-refractivity contribution in [2.45, 2.75) is 39.5 Å². The quantitative estimate of drug-likeness (QED) is 0.225. The molecule has 4 rings (SSSR count). The van der Waals surface area contributed by atoms with Gasteiger partial charge >= 0.3 is 18.2 Å². The summed E-state index contributed by atoms with van der Waals surface area (Å²) in [5.74, 6) is -0.00930. The molecule has 0 aliphatic rings. The van der Waals surface area contributed by atoms with Gasteiger partial charge in [-0.05, 0) is 43.5 Å². The van der Waals surface area contributed by atoms with Gasteiger partial charge in [0.25, 0.3) is 0 Å². The van der Waals surface area contributed by atoms with Gasteiger partial charge < -0.3 is 14.0 Å². The van der Waals surface area contributed by atoms with E-state index in [-0.39, 0.29) is 29.4 Å². The van der Waals surface area contributed by atoms with Crippen molar-refractivity contribution in [2.75, 3.05) is 11.9 Å². The summed E-state index contributed by atoms with van der Waals surface area (Å²) in [7, 11) is 0. The van der Waals surface area contributed by atoms with Gasteiger partial charge in [-0.3, -0.25) is 10.1 Å². The van der Waals surface area contributed by atoms with Gasteiger partial charge in [0.2, 0.25) is 0 Å². The minimum atomic E-state index is -4.58. The first-order valence-corrected chi connectivity index (χ1v) is 12.5. The Hall–Kier alpha value is -4.60. The van der Waals surface area contributed by atoms with Crippen molar-refractivity contribution in [3.8, 4) is 22.5 Å². The van der Waals surface area contributed by atoms with Crippen LogP contribution in [0.4, 0.5) is 23.7 Å². The average Bonchev–Trinajstić information content (AvgIpc) is 3.28. The van der Waals surface area contributed by atoms with Gasteiger partial charge in [-0.15, -0.1) is 0 Å². The van der Waals surface area contributed by atoms with Crippen LogP contribution >= 0.6 is 0 Å². The molecule has 0 spiro atoms. The SMILES string of the molecule is CCOC(=O)Cc1ccc(-c2ccc(-c3onc(C)c3NC(=O)O[C@@H](C)c3ccccc3C(F)(F)F)cc2)cc1. The van der Waals surface area contributed by atoms with Gasteiger partial charge in [-0.1, -0.05) is 71.9 Å². The van der Waals surface area contributed by atoms with E-state index in [0.717, 1.165) is 22.8 Å². The van der Waals surface area contributed by atoms with Crippen molar-refractivity contribution >= 4 is 17.7 Å². The summed E-state index contributed by atoms with van der Waals surface area (Å²) in [6.07, 6.45) is -6.50.